The first-order valence-electron chi connectivity index (χ1n) is 7.79. The Morgan fingerprint density at radius 2 is 2.00 bits per heavy atom. The summed E-state index contributed by atoms with van der Waals surface area (Å²) in [5, 5.41) is 4.18. The minimum Gasteiger partial charge on any atom is -0.461 e. The van der Waals surface area contributed by atoms with Gasteiger partial charge in [0.2, 0.25) is 15.8 Å². The van der Waals surface area contributed by atoms with E-state index >= 15 is 0 Å². The predicted octanol–water partition coefficient (Wildman–Crippen LogP) is 3.00. The lowest BCUT2D eigenvalue weighted by Crippen LogP contribution is -2.39. The van der Waals surface area contributed by atoms with Crippen LogP contribution in [0.3, 0.4) is 0 Å². The summed E-state index contributed by atoms with van der Waals surface area (Å²) in [4.78, 5) is 12.1. The monoisotopic (exact) mass is 410 g/mol. The highest BCUT2D eigenvalue weighted by molar-refractivity contribution is 7.89. The number of hydrogen-bond acceptors (Lipinski definition) is 7. The van der Waals surface area contributed by atoms with E-state index in [-0.39, 0.29) is 11.5 Å². The minimum atomic E-state index is -3.89. The zero-order valence-corrected chi connectivity index (χ0v) is 15.7. The standard InChI is InChI=1S/C17H15ClN2O6S/c1-11(20-27(22,23)14-6-4-12(18)5-7-14)17(21)25-10-13-9-16(26-19-13)15-3-2-8-24-15/h2-9,11,20H,10H2,1H3/t11-/m0/s1. The summed E-state index contributed by atoms with van der Waals surface area (Å²) in [5.41, 5.74) is 0.363. The van der Waals surface area contributed by atoms with Crippen molar-refractivity contribution in [3.63, 3.8) is 0 Å². The number of esters is 1. The molecule has 10 heteroatoms. The lowest BCUT2D eigenvalue weighted by molar-refractivity contribution is -0.146. The van der Waals surface area contributed by atoms with E-state index in [0.29, 0.717) is 22.2 Å². The maximum Gasteiger partial charge on any atom is 0.324 e. The number of carbonyl (C=O) groups is 1. The molecule has 3 aromatic rings. The zero-order chi connectivity index (χ0) is 19.4. The number of ether oxygens (including phenoxy) is 1. The number of carbonyl (C=O) groups excluding carboxylic acids is 1. The van der Waals surface area contributed by atoms with Gasteiger partial charge in [-0.25, -0.2) is 8.42 Å². The molecule has 0 bridgehead atoms. The fourth-order valence-corrected chi connectivity index (χ4v) is 3.47. The summed E-state index contributed by atoms with van der Waals surface area (Å²) in [6.07, 6.45) is 1.49. The van der Waals surface area contributed by atoms with Gasteiger partial charge in [-0.1, -0.05) is 16.8 Å². The molecular formula is C17H15ClN2O6S. The van der Waals surface area contributed by atoms with Gasteiger partial charge in [-0.15, -0.1) is 0 Å². The van der Waals surface area contributed by atoms with Crippen molar-refractivity contribution in [2.45, 2.75) is 24.5 Å². The van der Waals surface area contributed by atoms with E-state index in [9.17, 15) is 13.2 Å². The van der Waals surface area contributed by atoms with Crippen molar-refractivity contribution in [3.05, 3.63) is 59.4 Å². The Hall–Kier alpha value is -2.62. The van der Waals surface area contributed by atoms with Crippen LogP contribution in [0.2, 0.25) is 5.02 Å². The van der Waals surface area contributed by atoms with Crippen LogP contribution in [0.15, 0.2) is 62.6 Å². The molecule has 3 rings (SSSR count). The summed E-state index contributed by atoms with van der Waals surface area (Å²) in [5.74, 6) is 0.127. The Morgan fingerprint density at radius 1 is 1.26 bits per heavy atom. The maximum absolute atomic E-state index is 12.3. The molecule has 0 unspecified atom stereocenters. The van der Waals surface area contributed by atoms with E-state index in [0.717, 1.165) is 0 Å². The predicted molar refractivity (Wildman–Crippen MR) is 95.2 cm³/mol. The molecular weight excluding hydrogens is 396 g/mol. The van der Waals surface area contributed by atoms with Crippen LogP contribution in [0.5, 0.6) is 0 Å². The number of nitrogens with one attached hydrogen (secondary N) is 1. The average Bonchev–Trinajstić information content (AvgIpc) is 3.31. The van der Waals surface area contributed by atoms with Gasteiger partial charge in [-0.3, -0.25) is 4.79 Å². The van der Waals surface area contributed by atoms with Crippen molar-refractivity contribution < 1.29 is 26.9 Å². The molecule has 0 aliphatic rings. The molecule has 0 saturated carbocycles. The van der Waals surface area contributed by atoms with Crippen LogP contribution in [-0.2, 0) is 26.2 Å². The Morgan fingerprint density at radius 3 is 2.67 bits per heavy atom. The van der Waals surface area contributed by atoms with Crippen molar-refractivity contribution in [2.75, 3.05) is 0 Å². The van der Waals surface area contributed by atoms with Gasteiger partial charge in [0, 0.05) is 11.1 Å². The summed E-state index contributed by atoms with van der Waals surface area (Å²) in [6.45, 7) is 1.21. The second-order valence-electron chi connectivity index (χ2n) is 5.56. The number of benzene rings is 1. The smallest absolute Gasteiger partial charge is 0.324 e. The number of sulfonamides is 1. The van der Waals surface area contributed by atoms with E-state index in [1.54, 1.807) is 18.2 Å². The molecule has 0 radical (unpaired) electrons. The minimum absolute atomic E-state index is 0.00820. The highest BCUT2D eigenvalue weighted by atomic mass is 35.5. The van der Waals surface area contributed by atoms with Crippen LogP contribution in [-0.4, -0.2) is 25.6 Å². The highest BCUT2D eigenvalue weighted by Crippen LogP contribution is 2.21. The highest BCUT2D eigenvalue weighted by Gasteiger charge is 2.23. The fraction of sp³-hybridized carbons (Fsp3) is 0.176. The summed E-state index contributed by atoms with van der Waals surface area (Å²) >= 11 is 5.74. The Kier molecular flexibility index (Phi) is 5.64. The van der Waals surface area contributed by atoms with Crippen molar-refractivity contribution in [1.29, 1.82) is 0 Å². The Bertz CT molecular complexity index is 1010. The second-order valence-corrected chi connectivity index (χ2v) is 7.71. The molecule has 27 heavy (non-hydrogen) atoms. The quantitative estimate of drug-likeness (QED) is 0.596. The van der Waals surface area contributed by atoms with E-state index in [2.05, 4.69) is 9.88 Å². The van der Waals surface area contributed by atoms with Crippen molar-refractivity contribution in [1.82, 2.24) is 9.88 Å². The van der Waals surface area contributed by atoms with E-state index in [4.69, 9.17) is 25.3 Å². The van der Waals surface area contributed by atoms with Gasteiger partial charge in [-0.2, -0.15) is 4.72 Å². The summed E-state index contributed by atoms with van der Waals surface area (Å²) in [6, 6.07) is 9.44. The maximum atomic E-state index is 12.3. The normalized spacial score (nSPS) is 12.7. The SMILES string of the molecule is C[C@H](NS(=O)(=O)c1ccc(Cl)cc1)C(=O)OCc1cc(-c2ccco2)on1. The Labute approximate surface area is 160 Å². The average molecular weight is 411 g/mol. The van der Waals surface area contributed by atoms with Gasteiger partial charge in [0.25, 0.3) is 0 Å². The van der Waals surface area contributed by atoms with Crippen molar-refractivity contribution in [2.24, 2.45) is 0 Å². The lowest BCUT2D eigenvalue weighted by atomic mass is 10.3. The van der Waals surface area contributed by atoms with Crippen LogP contribution in [0.1, 0.15) is 12.6 Å². The topological polar surface area (TPSA) is 112 Å². The van der Waals surface area contributed by atoms with Gasteiger partial charge < -0.3 is 13.7 Å². The summed E-state index contributed by atoms with van der Waals surface area (Å²) < 4.78 is 42.1. The molecule has 0 aliphatic heterocycles. The van der Waals surface area contributed by atoms with Crippen LogP contribution >= 0.6 is 11.6 Å². The largest absolute Gasteiger partial charge is 0.461 e. The molecule has 1 aromatic carbocycles. The van der Waals surface area contributed by atoms with Crippen LogP contribution in [0.25, 0.3) is 11.5 Å². The van der Waals surface area contributed by atoms with E-state index < -0.39 is 22.0 Å². The molecule has 2 aromatic heterocycles. The van der Waals surface area contributed by atoms with Crippen molar-refractivity contribution >= 4 is 27.6 Å². The molecule has 2 heterocycles. The molecule has 142 valence electrons. The van der Waals surface area contributed by atoms with Gasteiger partial charge in [0.05, 0.1) is 11.2 Å². The van der Waals surface area contributed by atoms with E-state index in [1.807, 2.05) is 0 Å². The third-order valence-electron chi connectivity index (χ3n) is 3.49. The first kappa shape index (κ1) is 19.2. The molecule has 0 saturated heterocycles. The van der Waals surface area contributed by atoms with Crippen molar-refractivity contribution in [3.8, 4) is 11.5 Å². The lowest BCUT2D eigenvalue weighted by Gasteiger charge is -2.13. The molecule has 0 aliphatic carbocycles. The third-order valence-corrected chi connectivity index (χ3v) is 5.30. The van der Waals surface area contributed by atoms with Gasteiger partial charge >= 0.3 is 5.97 Å². The first-order valence-corrected chi connectivity index (χ1v) is 9.65. The van der Waals surface area contributed by atoms with Crippen LogP contribution in [0.4, 0.5) is 0 Å². The van der Waals surface area contributed by atoms with Gasteiger partial charge in [-0.05, 0) is 43.3 Å². The van der Waals surface area contributed by atoms with E-state index in [1.165, 1.54) is 37.5 Å². The second kappa shape index (κ2) is 7.95. The molecule has 0 spiro atoms. The third kappa shape index (κ3) is 4.76. The first-order chi connectivity index (χ1) is 12.8. The number of rotatable bonds is 7. The zero-order valence-electron chi connectivity index (χ0n) is 14.1. The fourth-order valence-electron chi connectivity index (χ4n) is 2.15. The summed E-state index contributed by atoms with van der Waals surface area (Å²) in [7, 11) is -3.89. The molecule has 1 atom stereocenters. The molecule has 0 fully saturated rings. The Balaban J connectivity index is 1.57. The van der Waals surface area contributed by atoms with Gasteiger partial charge in [0.1, 0.15) is 18.3 Å². The van der Waals surface area contributed by atoms with Crippen LogP contribution < -0.4 is 4.72 Å². The number of hydrogen-bond donors (Lipinski definition) is 1. The van der Waals surface area contributed by atoms with Gasteiger partial charge in [0.15, 0.2) is 5.76 Å². The molecule has 8 nitrogen and oxygen atoms in total. The van der Waals surface area contributed by atoms with Crippen LogP contribution in [0, 0.1) is 0 Å². The number of nitrogens with zero attached hydrogens (tertiary/aromatic N) is 1. The number of aromatic nitrogens is 1. The number of halogens is 1. The number of furan rings is 1. The molecule has 1 N–H and O–H groups in total. The molecule has 0 amide bonds.